The van der Waals surface area contributed by atoms with Crippen molar-refractivity contribution in [1.29, 1.82) is 0 Å². The van der Waals surface area contributed by atoms with Crippen LogP contribution < -0.4 is 5.32 Å². The molecular formula is C17H19NO5. The lowest BCUT2D eigenvalue weighted by Gasteiger charge is -2.27. The first-order valence-corrected chi connectivity index (χ1v) is 7.80. The second-order valence-electron chi connectivity index (χ2n) is 6.44. The highest BCUT2D eigenvalue weighted by Gasteiger charge is 2.53. The van der Waals surface area contributed by atoms with Crippen molar-refractivity contribution >= 4 is 17.8 Å². The van der Waals surface area contributed by atoms with E-state index in [4.69, 9.17) is 5.11 Å². The molecule has 2 aliphatic carbocycles. The van der Waals surface area contributed by atoms with E-state index < -0.39 is 23.8 Å². The molecule has 1 aromatic carbocycles. The van der Waals surface area contributed by atoms with Gasteiger partial charge in [0.25, 0.3) is 0 Å². The summed E-state index contributed by atoms with van der Waals surface area (Å²) in [6.07, 6.45) is 2.67. The molecule has 6 heteroatoms. The van der Waals surface area contributed by atoms with Crippen LogP contribution in [0.5, 0.6) is 0 Å². The number of nitrogens with one attached hydrogen (secondary N) is 1. The number of hydrogen-bond acceptors (Lipinski definition) is 3. The summed E-state index contributed by atoms with van der Waals surface area (Å²) in [6.45, 7) is 0.277. The topological polar surface area (TPSA) is 104 Å². The maximum Gasteiger partial charge on any atom is 0.335 e. The molecule has 0 aromatic heterocycles. The summed E-state index contributed by atoms with van der Waals surface area (Å²) in [5, 5.41) is 21.1. The van der Waals surface area contributed by atoms with Crippen molar-refractivity contribution in [2.75, 3.05) is 0 Å². The van der Waals surface area contributed by atoms with Crippen LogP contribution in [0.25, 0.3) is 0 Å². The van der Waals surface area contributed by atoms with Gasteiger partial charge in [-0.1, -0.05) is 12.1 Å². The van der Waals surface area contributed by atoms with Crippen LogP contribution in [0.1, 0.15) is 35.2 Å². The van der Waals surface area contributed by atoms with E-state index in [1.54, 1.807) is 12.1 Å². The summed E-state index contributed by atoms with van der Waals surface area (Å²) < 4.78 is 0. The van der Waals surface area contributed by atoms with E-state index in [1.807, 2.05) is 0 Å². The minimum atomic E-state index is -0.994. The van der Waals surface area contributed by atoms with E-state index in [0.717, 1.165) is 24.8 Å². The molecule has 2 saturated carbocycles. The predicted molar refractivity (Wildman–Crippen MR) is 80.7 cm³/mol. The summed E-state index contributed by atoms with van der Waals surface area (Å²) in [5.41, 5.74) is 0.984. The van der Waals surface area contributed by atoms with Crippen molar-refractivity contribution in [3.05, 3.63) is 35.4 Å². The molecule has 0 radical (unpaired) electrons. The van der Waals surface area contributed by atoms with Crippen LogP contribution in [0.15, 0.2) is 24.3 Å². The number of amides is 1. The molecule has 1 aromatic rings. The monoisotopic (exact) mass is 317 g/mol. The number of aromatic carboxylic acids is 1. The Morgan fingerprint density at radius 2 is 1.61 bits per heavy atom. The van der Waals surface area contributed by atoms with E-state index in [0.29, 0.717) is 0 Å². The molecule has 4 atom stereocenters. The van der Waals surface area contributed by atoms with Gasteiger partial charge in [-0.3, -0.25) is 9.59 Å². The second kappa shape index (κ2) is 6.02. The average Bonchev–Trinajstić information content (AvgIpc) is 3.13. The fourth-order valence-electron chi connectivity index (χ4n) is 4.10. The van der Waals surface area contributed by atoms with Crippen LogP contribution in [-0.2, 0) is 16.1 Å². The SMILES string of the molecule is O=C(O)c1ccc(CNC(=O)[C@H]2[C@H]3CC[C@@H](C3)[C@@H]2C(=O)O)cc1. The molecule has 3 N–H and O–H groups in total. The van der Waals surface area contributed by atoms with Crippen LogP contribution >= 0.6 is 0 Å². The number of aliphatic carboxylic acids is 1. The maximum atomic E-state index is 12.4. The first kappa shape index (κ1) is 15.5. The third-order valence-electron chi connectivity index (χ3n) is 5.17. The Balaban J connectivity index is 1.63. The van der Waals surface area contributed by atoms with Gasteiger partial charge in [-0.25, -0.2) is 4.79 Å². The molecule has 0 heterocycles. The Labute approximate surface area is 133 Å². The summed E-state index contributed by atoms with van der Waals surface area (Å²) in [4.78, 5) is 34.7. The van der Waals surface area contributed by atoms with Crippen LogP contribution in [0, 0.1) is 23.7 Å². The van der Waals surface area contributed by atoms with Gasteiger partial charge in [0.1, 0.15) is 0 Å². The lowest BCUT2D eigenvalue weighted by atomic mass is 9.78. The minimum Gasteiger partial charge on any atom is -0.481 e. The van der Waals surface area contributed by atoms with Gasteiger partial charge >= 0.3 is 11.9 Å². The Hall–Kier alpha value is -2.37. The fraction of sp³-hybridized carbons (Fsp3) is 0.471. The number of carbonyl (C=O) groups is 3. The number of fused-ring (bicyclic) bond motifs is 2. The van der Waals surface area contributed by atoms with Gasteiger partial charge in [-0.15, -0.1) is 0 Å². The molecule has 6 nitrogen and oxygen atoms in total. The third kappa shape index (κ3) is 2.93. The molecule has 2 bridgehead atoms. The van der Waals surface area contributed by atoms with Gasteiger partial charge in [-0.2, -0.15) is 0 Å². The van der Waals surface area contributed by atoms with E-state index in [2.05, 4.69) is 5.32 Å². The van der Waals surface area contributed by atoms with Crippen LogP contribution in [-0.4, -0.2) is 28.1 Å². The first-order valence-electron chi connectivity index (χ1n) is 7.80. The molecule has 0 aliphatic heterocycles. The molecule has 3 rings (SSSR count). The average molecular weight is 317 g/mol. The van der Waals surface area contributed by atoms with Crippen molar-refractivity contribution in [3.63, 3.8) is 0 Å². The maximum absolute atomic E-state index is 12.4. The molecule has 0 saturated heterocycles. The first-order chi connectivity index (χ1) is 11.0. The summed E-state index contributed by atoms with van der Waals surface area (Å²) in [5.74, 6) is -2.77. The van der Waals surface area contributed by atoms with Gasteiger partial charge in [0.05, 0.1) is 17.4 Å². The lowest BCUT2D eigenvalue weighted by Crippen LogP contribution is -2.41. The van der Waals surface area contributed by atoms with Crippen LogP contribution in [0.2, 0.25) is 0 Å². The van der Waals surface area contributed by atoms with E-state index in [-0.39, 0.29) is 29.9 Å². The highest BCUT2D eigenvalue weighted by molar-refractivity contribution is 5.88. The quantitative estimate of drug-likeness (QED) is 0.767. The minimum absolute atomic E-state index is 0.128. The smallest absolute Gasteiger partial charge is 0.335 e. The molecule has 1 amide bonds. The largest absolute Gasteiger partial charge is 0.481 e. The number of carboxylic acids is 2. The van der Waals surface area contributed by atoms with Crippen molar-refractivity contribution in [2.24, 2.45) is 23.7 Å². The van der Waals surface area contributed by atoms with Crippen molar-refractivity contribution < 1.29 is 24.6 Å². The van der Waals surface area contributed by atoms with Gasteiger partial charge in [-0.05, 0) is 48.8 Å². The number of benzene rings is 1. The Kier molecular flexibility index (Phi) is 4.07. The highest BCUT2D eigenvalue weighted by atomic mass is 16.4. The van der Waals surface area contributed by atoms with E-state index in [9.17, 15) is 19.5 Å². The molecule has 23 heavy (non-hydrogen) atoms. The van der Waals surface area contributed by atoms with Gasteiger partial charge in [0.15, 0.2) is 0 Å². The molecule has 122 valence electrons. The summed E-state index contributed by atoms with van der Waals surface area (Å²) in [6, 6.07) is 6.28. The Morgan fingerprint density at radius 3 is 2.17 bits per heavy atom. The molecule has 0 unspecified atom stereocenters. The third-order valence-corrected chi connectivity index (χ3v) is 5.17. The molecule has 2 fully saturated rings. The van der Waals surface area contributed by atoms with Crippen molar-refractivity contribution in [1.82, 2.24) is 5.32 Å². The zero-order valence-corrected chi connectivity index (χ0v) is 12.6. The number of hydrogen-bond donors (Lipinski definition) is 3. The molecule has 0 spiro atoms. The fourth-order valence-corrected chi connectivity index (χ4v) is 4.10. The number of carboxylic acid groups (broad SMARTS) is 2. The van der Waals surface area contributed by atoms with E-state index in [1.165, 1.54) is 12.1 Å². The van der Waals surface area contributed by atoms with Crippen LogP contribution in [0.4, 0.5) is 0 Å². The lowest BCUT2D eigenvalue weighted by molar-refractivity contribution is -0.149. The van der Waals surface area contributed by atoms with Gasteiger partial charge in [0, 0.05) is 6.54 Å². The van der Waals surface area contributed by atoms with Crippen molar-refractivity contribution in [2.45, 2.75) is 25.8 Å². The normalized spacial score (nSPS) is 28.5. The number of carbonyl (C=O) groups excluding carboxylic acids is 1. The molecule has 2 aliphatic rings. The zero-order valence-electron chi connectivity index (χ0n) is 12.6. The Morgan fingerprint density at radius 1 is 1.00 bits per heavy atom. The van der Waals surface area contributed by atoms with Gasteiger partial charge in [0.2, 0.25) is 5.91 Å². The summed E-state index contributed by atoms with van der Waals surface area (Å²) >= 11 is 0. The predicted octanol–water partition coefficient (Wildman–Crippen LogP) is 1.75. The summed E-state index contributed by atoms with van der Waals surface area (Å²) in [7, 11) is 0. The highest BCUT2D eigenvalue weighted by Crippen LogP contribution is 2.52. The molecular weight excluding hydrogens is 298 g/mol. The van der Waals surface area contributed by atoms with Crippen molar-refractivity contribution in [3.8, 4) is 0 Å². The Bertz CT molecular complexity index is 639. The second-order valence-corrected chi connectivity index (χ2v) is 6.44. The standard InChI is InChI=1S/C17H19NO5/c19-15(13-11-5-6-12(7-11)14(13)17(22)23)18-8-9-1-3-10(4-2-9)16(20)21/h1-4,11-14H,5-8H2,(H,18,19)(H,20,21)(H,22,23)/t11-,12-,13-,14-/m0/s1. The number of rotatable bonds is 5. The van der Waals surface area contributed by atoms with Gasteiger partial charge < -0.3 is 15.5 Å². The van der Waals surface area contributed by atoms with E-state index >= 15 is 0 Å². The zero-order chi connectivity index (χ0) is 16.6. The van der Waals surface area contributed by atoms with Crippen LogP contribution in [0.3, 0.4) is 0 Å².